The van der Waals surface area contributed by atoms with Gasteiger partial charge in [-0.25, -0.2) is 0 Å². The maximum atomic E-state index is 8.45. The Kier molecular flexibility index (Phi) is 6.78. The van der Waals surface area contributed by atoms with Crippen LogP contribution in [-0.4, -0.2) is 35.9 Å². The molecule has 0 amide bonds. The van der Waals surface area contributed by atoms with Gasteiger partial charge in [-0.15, -0.1) is 0 Å². The third-order valence-electron chi connectivity index (χ3n) is 3.31. The SMILES string of the molecule is CC(C)(C)[Si](C)(C)OC[C@@H](CN=[N+]=[N-])O[Si](C)(C)C. The van der Waals surface area contributed by atoms with Gasteiger partial charge in [0, 0.05) is 4.91 Å². The molecule has 0 aliphatic heterocycles. The third-order valence-corrected chi connectivity index (χ3v) is 8.85. The van der Waals surface area contributed by atoms with Gasteiger partial charge in [0.15, 0.2) is 16.6 Å². The van der Waals surface area contributed by atoms with E-state index >= 15 is 0 Å². The summed E-state index contributed by atoms with van der Waals surface area (Å²) in [5.41, 5.74) is 8.45. The predicted molar refractivity (Wildman–Crippen MR) is 85.4 cm³/mol. The van der Waals surface area contributed by atoms with Crippen molar-refractivity contribution in [3.8, 4) is 0 Å². The standard InChI is InChI=1S/C12H29N3O2Si2/c1-12(2,3)19(7,8)16-10-11(9-14-15-13)17-18(4,5)6/h11H,9-10H2,1-8H3/t11-/m1/s1. The van der Waals surface area contributed by atoms with Crippen molar-refractivity contribution >= 4 is 16.6 Å². The second-order valence-electron chi connectivity index (χ2n) is 7.34. The predicted octanol–water partition coefficient (Wildman–Crippen LogP) is 4.54. The van der Waals surface area contributed by atoms with Crippen molar-refractivity contribution in [1.29, 1.82) is 0 Å². The van der Waals surface area contributed by atoms with E-state index in [1.807, 2.05) is 0 Å². The summed E-state index contributed by atoms with van der Waals surface area (Å²) in [6, 6.07) is 0. The fraction of sp³-hybridized carbons (Fsp3) is 1.00. The second-order valence-corrected chi connectivity index (χ2v) is 16.6. The van der Waals surface area contributed by atoms with E-state index in [1.54, 1.807) is 0 Å². The number of hydrogen-bond acceptors (Lipinski definition) is 3. The molecule has 0 N–H and O–H groups in total. The quantitative estimate of drug-likeness (QED) is 0.300. The highest BCUT2D eigenvalue weighted by molar-refractivity contribution is 6.74. The largest absolute Gasteiger partial charge is 0.414 e. The summed E-state index contributed by atoms with van der Waals surface area (Å²) in [6.07, 6.45) is -0.128. The van der Waals surface area contributed by atoms with Gasteiger partial charge in [-0.05, 0) is 43.3 Å². The summed E-state index contributed by atoms with van der Waals surface area (Å²) in [7, 11) is -3.44. The van der Waals surface area contributed by atoms with Gasteiger partial charge in [-0.2, -0.15) is 0 Å². The molecule has 0 aromatic carbocycles. The van der Waals surface area contributed by atoms with E-state index < -0.39 is 16.6 Å². The molecule has 0 aromatic heterocycles. The Morgan fingerprint density at radius 1 is 1.16 bits per heavy atom. The van der Waals surface area contributed by atoms with E-state index in [4.69, 9.17) is 14.4 Å². The first-order valence-electron chi connectivity index (χ1n) is 6.72. The van der Waals surface area contributed by atoms with E-state index in [2.05, 4.69) is 63.5 Å². The van der Waals surface area contributed by atoms with Crippen LogP contribution in [0, 0.1) is 0 Å². The van der Waals surface area contributed by atoms with Crippen LogP contribution in [0.25, 0.3) is 10.4 Å². The summed E-state index contributed by atoms with van der Waals surface area (Å²) >= 11 is 0. The summed E-state index contributed by atoms with van der Waals surface area (Å²) in [6.45, 7) is 18.3. The van der Waals surface area contributed by atoms with E-state index in [0.717, 1.165) is 0 Å². The van der Waals surface area contributed by atoms with Crippen molar-refractivity contribution < 1.29 is 8.85 Å². The van der Waals surface area contributed by atoms with Crippen LogP contribution in [0.3, 0.4) is 0 Å². The van der Waals surface area contributed by atoms with Crippen LogP contribution in [0.15, 0.2) is 5.11 Å². The monoisotopic (exact) mass is 303 g/mol. The van der Waals surface area contributed by atoms with Crippen LogP contribution in [0.1, 0.15) is 20.8 Å². The summed E-state index contributed by atoms with van der Waals surface area (Å²) in [4.78, 5) is 2.81. The molecule has 0 aromatic rings. The first-order chi connectivity index (χ1) is 8.39. The fourth-order valence-electron chi connectivity index (χ4n) is 1.27. The average Bonchev–Trinajstić information content (AvgIpc) is 2.18. The lowest BCUT2D eigenvalue weighted by molar-refractivity contribution is 0.120. The molecular formula is C12H29N3O2Si2. The molecule has 0 saturated carbocycles. The molecule has 19 heavy (non-hydrogen) atoms. The summed E-state index contributed by atoms with van der Waals surface area (Å²) in [5, 5.41) is 3.81. The summed E-state index contributed by atoms with van der Waals surface area (Å²) < 4.78 is 12.2. The van der Waals surface area contributed by atoms with Crippen molar-refractivity contribution in [2.75, 3.05) is 13.2 Å². The molecule has 0 heterocycles. The smallest absolute Gasteiger partial charge is 0.192 e. The Morgan fingerprint density at radius 3 is 2.05 bits per heavy atom. The van der Waals surface area contributed by atoms with E-state index in [-0.39, 0.29) is 11.1 Å². The zero-order chi connectivity index (χ0) is 15.3. The van der Waals surface area contributed by atoms with Crippen LogP contribution in [-0.2, 0) is 8.85 Å². The maximum absolute atomic E-state index is 8.45. The molecule has 0 radical (unpaired) electrons. The first kappa shape index (κ1) is 18.7. The highest BCUT2D eigenvalue weighted by Crippen LogP contribution is 2.36. The van der Waals surface area contributed by atoms with E-state index in [0.29, 0.717) is 13.2 Å². The highest BCUT2D eigenvalue weighted by atomic mass is 28.4. The zero-order valence-electron chi connectivity index (χ0n) is 13.6. The molecule has 0 aliphatic rings. The first-order valence-corrected chi connectivity index (χ1v) is 13.0. The molecule has 1 atom stereocenters. The van der Waals surface area contributed by atoms with Gasteiger partial charge in [-0.1, -0.05) is 25.9 Å². The Bertz CT molecular complexity index is 329. The summed E-state index contributed by atoms with van der Waals surface area (Å²) in [5.74, 6) is 0. The molecule has 0 spiro atoms. The molecule has 0 fully saturated rings. The Labute approximate surface area is 119 Å². The van der Waals surface area contributed by atoms with Crippen molar-refractivity contribution in [1.82, 2.24) is 0 Å². The minimum Gasteiger partial charge on any atom is -0.414 e. The molecule has 0 aliphatic carbocycles. The molecule has 0 rings (SSSR count). The van der Waals surface area contributed by atoms with Gasteiger partial charge in [0.2, 0.25) is 0 Å². The van der Waals surface area contributed by atoms with Crippen molar-refractivity contribution in [3.63, 3.8) is 0 Å². The third kappa shape index (κ3) is 7.74. The lowest BCUT2D eigenvalue weighted by Gasteiger charge is -2.38. The molecule has 5 nitrogen and oxygen atoms in total. The topological polar surface area (TPSA) is 67.2 Å². The van der Waals surface area contributed by atoms with Gasteiger partial charge < -0.3 is 8.85 Å². The Hall–Kier alpha value is -0.336. The van der Waals surface area contributed by atoms with Crippen molar-refractivity contribution in [2.45, 2.75) is 64.6 Å². The van der Waals surface area contributed by atoms with Gasteiger partial charge >= 0.3 is 0 Å². The molecule has 0 saturated heterocycles. The Balaban J connectivity index is 4.62. The molecule has 0 unspecified atom stereocenters. The molecule has 112 valence electrons. The van der Waals surface area contributed by atoms with Crippen molar-refractivity contribution in [3.05, 3.63) is 10.4 Å². The van der Waals surface area contributed by atoms with E-state index in [1.165, 1.54) is 0 Å². The number of rotatable bonds is 7. The highest BCUT2D eigenvalue weighted by Gasteiger charge is 2.37. The number of hydrogen-bond donors (Lipinski definition) is 0. The second kappa shape index (κ2) is 6.90. The van der Waals surface area contributed by atoms with Crippen LogP contribution >= 0.6 is 0 Å². The van der Waals surface area contributed by atoms with E-state index in [9.17, 15) is 0 Å². The van der Waals surface area contributed by atoms with Crippen LogP contribution < -0.4 is 0 Å². The molecule has 0 bridgehead atoms. The van der Waals surface area contributed by atoms with Gasteiger partial charge in [0.25, 0.3) is 0 Å². The lowest BCUT2D eigenvalue weighted by Crippen LogP contribution is -2.45. The number of nitrogens with zero attached hydrogens (tertiary/aromatic N) is 3. The minimum atomic E-state index is -1.78. The lowest BCUT2D eigenvalue weighted by atomic mass is 10.2. The Morgan fingerprint density at radius 2 is 1.68 bits per heavy atom. The maximum Gasteiger partial charge on any atom is 0.192 e. The minimum absolute atomic E-state index is 0.128. The van der Waals surface area contributed by atoms with Crippen LogP contribution in [0.2, 0.25) is 37.8 Å². The average molecular weight is 304 g/mol. The zero-order valence-corrected chi connectivity index (χ0v) is 15.6. The van der Waals surface area contributed by atoms with Crippen LogP contribution in [0.5, 0.6) is 0 Å². The fourth-order valence-corrected chi connectivity index (χ4v) is 3.45. The van der Waals surface area contributed by atoms with Gasteiger partial charge in [-0.3, -0.25) is 0 Å². The van der Waals surface area contributed by atoms with Gasteiger partial charge in [0.1, 0.15) is 0 Å². The van der Waals surface area contributed by atoms with Crippen LogP contribution in [0.4, 0.5) is 0 Å². The number of azide groups is 1. The molecule has 7 heteroatoms. The normalized spacial score (nSPS) is 14.9. The molecular weight excluding hydrogens is 274 g/mol. The van der Waals surface area contributed by atoms with Gasteiger partial charge in [0.05, 0.1) is 19.3 Å². The van der Waals surface area contributed by atoms with Crippen molar-refractivity contribution in [2.24, 2.45) is 5.11 Å².